The fraction of sp³-hybridized carbons (Fsp3) is 0.531. The minimum Gasteiger partial charge on any atom is -0.320 e. The molecular formula is C32H39N5O. The number of aromatic nitrogens is 3. The number of aryl methyl sites for hydroxylation is 2. The summed E-state index contributed by atoms with van der Waals surface area (Å²) >= 11 is 0. The molecule has 38 heavy (non-hydrogen) atoms. The molecule has 2 fully saturated rings. The Kier molecular flexibility index (Phi) is 5.73. The van der Waals surface area contributed by atoms with Crippen molar-refractivity contribution in [3.05, 3.63) is 76.4 Å². The summed E-state index contributed by atoms with van der Waals surface area (Å²) in [6, 6.07) is 13.5. The van der Waals surface area contributed by atoms with Gasteiger partial charge >= 0.3 is 0 Å². The Labute approximate surface area is 226 Å². The maximum absolute atomic E-state index is 14.1. The lowest BCUT2D eigenvalue weighted by Gasteiger charge is -2.46. The number of likely N-dealkylation sites (tertiary alicyclic amines) is 1. The van der Waals surface area contributed by atoms with E-state index in [9.17, 15) is 4.79 Å². The first-order valence-corrected chi connectivity index (χ1v) is 14.6. The van der Waals surface area contributed by atoms with Crippen LogP contribution in [0.25, 0.3) is 0 Å². The molecule has 6 heteroatoms. The summed E-state index contributed by atoms with van der Waals surface area (Å²) in [5.74, 6) is 2.61. The van der Waals surface area contributed by atoms with Gasteiger partial charge in [0.05, 0.1) is 11.5 Å². The van der Waals surface area contributed by atoms with Crippen LogP contribution in [-0.4, -0.2) is 38.7 Å². The number of hydrogen-bond acceptors (Lipinski definition) is 4. The standard InChI is InChI=1S/C32H39N5O/c1-21-7-6-12-36(18-21)19-23-13-24-8-4-11-28-29(24)27(14-23)30(38)37(28)26-10-5-9-25(15-26)32(16-22(2)17-32)31-34-33-20-35(31)3/h5,9-10,13-15,20-22,28H,4,6-8,11-12,16-19H2,1-3H3/t21-,22?,28?,32?/m0/s1. The van der Waals surface area contributed by atoms with E-state index in [0.29, 0.717) is 5.92 Å². The molecule has 1 saturated carbocycles. The van der Waals surface area contributed by atoms with Gasteiger partial charge in [0.2, 0.25) is 0 Å². The first-order valence-electron chi connectivity index (χ1n) is 14.6. The smallest absolute Gasteiger partial charge is 0.259 e. The van der Waals surface area contributed by atoms with Gasteiger partial charge < -0.3 is 9.47 Å². The summed E-state index contributed by atoms with van der Waals surface area (Å²) < 4.78 is 2.06. The number of benzene rings is 2. The molecule has 7 rings (SSSR count). The second kappa shape index (κ2) is 9.04. The average Bonchev–Trinajstić information content (AvgIpc) is 3.44. The molecule has 0 N–H and O–H groups in total. The molecule has 2 atom stereocenters. The monoisotopic (exact) mass is 509 g/mol. The summed E-state index contributed by atoms with van der Waals surface area (Å²) in [7, 11) is 2.04. The Morgan fingerprint density at radius 3 is 2.68 bits per heavy atom. The molecule has 1 unspecified atom stereocenters. The number of piperidine rings is 1. The van der Waals surface area contributed by atoms with Gasteiger partial charge in [-0.25, -0.2) is 0 Å². The van der Waals surface area contributed by atoms with Crippen LogP contribution < -0.4 is 4.90 Å². The maximum Gasteiger partial charge on any atom is 0.259 e. The van der Waals surface area contributed by atoms with Gasteiger partial charge in [0.25, 0.3) is 5.91 Å². The van der Waals surface area contributed by atoms with E-state index in [2.05, 4.69) is 74.8 Å². The molecule has 3 heterocycles. The third-order valence-electron chi connectivity index (χ3n) is 9.70. The van der Waals surface area contributed by atoms with Crippen LogP contribution in [0.4, 0.5) is 5.69 Å². The molecule has 4 aliphatic rings. The van der Waals surface area contributed by atoms with Crippen molar-refractivity contribution in [2.45, 2.75) is 76.8 Å². The van der Waals surface area contributed by atoms with Crippen molar-refractivity contribution in [2.75, 3.05) is 18.0 Å². The quantitative estimate of drug-likeness (QED) is 0.436. The minimum atomic E-state index is -0.132. The second-order valence-electron chi connectivity index (χ2n) is 12.7. The third-order valence-corrected chi connectivity index (χ3v) is 9.70. The molecule has 198 valence electrons. The summed E-state index contributed by atoms with van der Waals surface area (Å²) in [5.41, 5.74) is 7.09. The van der Waals surface area contributed by atoms with E-state index in [1.54, 1.807) is 6.33 Å². The van der Waals surface area contributed by atoms with Crippen molar-refractivity contribution in [2.24, 2.45) is 18.9 Å². The van der Waals surface area contributed by atoms with Gasteiger partial charge in [-0.2, -0.15) is 0 Å². The number of carbonyl (C=O) groups excluding carboxylic acids is 1. The Hall–Kier alpha value is -2.99. The Bertz CT molecular complexity index is 1390. The summed E-state index contributed by atoms with van der Waals surface area (Å²) in [5, 5.41) is 8.74. The summed E-state index contributed by atoms with van der Waals surface area (Å²) in [6.45, 7) is 7.95. The first kappa shape index (κ1) is 24.1. The normalized spacial score (nSPS) is 28.9. The van der Waals surface area contributed by atoms with Crippen molar-refractivity contribution in [1.82, 2.24) is 19.7 Å². The number of rotatable bonds is 5. The third kappa shape index (κ3) is 3.75. The van der Waals surface area contributed by atoms with Gasteiger partial charge in [-0.3, -0.25) is 9.69 Å². The average molecular weight is 510 g/mol. The van der Waals surface area contributed by atoms with Crippen LogP contribution >= 0.6 is 0 Å². The van der Waals surface area contributed by atoms with E-state index in [4.69, 9.17) is 0 Å². The number of hydrogen-bond donors (Lipinski definition) is 0. The lowest BCUT2D eigenvalue weighted by atomic mass is 9.58. The second-order valence-corrected chi connectivity index (χ2v) is 12.7. The molecule has 0 spiro atoms. The highest BCUT2D eigenvalue weighted by Gasteiger charge is 2.49. The molecule has 6 nitrogen and oxygen atoms in total. The van der Waals surface area contributed by atoms with E-state index >= 15 is 0 Å². The summed E-state index contributed by atoms with van der Waals surface area (Å²) in [6.07, 6.45) is 9.77. The highest BCUT2D eigenvalue weighted by molar-refractivity contribution is 6.11. The van der Waals surface area contributed by atoms with E-state index in [1.807, 2.05) is 7.05 Å². The molecule has 2 aliphatic heterocycles. The minimum absolute atomic E-state index is 0.132. The molecular weight excluding hydrogens is 470 g/mol. The van der Waals surface area contributed by atoms with E-state index < -0.39 is 0 Å². The lowest BCUT2D eigenvalue weighted by molar-refractivity contribution is 0.0990. The van der Waals surface area contributed by atoms with Crippen molar-refractivity contribution < 1.29 is 4.79 Å². The van der Waals surface area contributed by atoms with Crippen molar-refractivity contribution in [3.8, 4) is 0 Å². The zero-order valence-electron chi connectivity index (χ0n) is 23.0. The molecule has 2 aromatic carbocycles. The van der Waals surface area contributed by atoms with E-state index in [1.165, 1.54) is 35.1 Å². The van der Waals surface area contributed by atoms with Gasteiger partial charge in [0, 0.05) is 31.4 Å². The van der Waals surface area contributed by atoms with Crippen molar-refractivity contribution >= 4 is 11.6 Å². The van der Waals surface area contributed by atoms with Crippen LogP contribution in [0, 0.1) is 11.8 Å². The molecule has 1 amide bonds. The molecule has 1 saturated heterocycles. The van der Waals surface area contributed by atoms with Crippen LogP contribution in [0.1, 0.15) is 96.9 Å². The predicted octanol–water partition coefficient (Wildman–Crippen LogP) is 5.80. The highest BCUT2D eigenvalue weighted by Crippen LogP contribution is 2.53. The molecule has 0 bridgehead atoms. The zero-order chi connectivity index (χ0) is 26.0. The van der Waals surface area contributed by atoms with Gasteiger partial charge in [0.15, 0.2) is 0 Å². The van der Waals surface area contributed by atoms with Crippen LogP contribution in [0.2, 0.25) is 0 Å². The highest BCUT2D eigenvalue weighted by atomic mass is 16.2. The topological polar surface area (TPSA) is 54.3 Å². The predicted molar refractivity (Wildman–Crippen MR) is 149 cm³/mol. The van der Waals surface area contributed by atoms with Gasteiger partial charge in [0.1, 0.15) is 12.2 Å². The summed E-state index contributed by atoms with van der Waals surface area (Å²) in [4.78, 5) is 18.8. The van der Waals surface area contributed by atoms with Crippen LogP contribution in [0.15, 0.2) is 42.7 Å². The Morgan fingerprint density at radius 1 is 1.05 bits per heavy atom. The van der Waals surface area contributed by atoms with Crippen LogP contribution in [0.3, 0.4) is 0 Å². The van der Waals surface area contributed by atoms with Gasteiger partial charge in [-0.15, -0.1) is 10.2 Å². The number of carbonyl (C=O) groups is 1. The van der Waals surface area contributed by atoms with Crippen molar-refractivity contribution in [1.29, 1.82) is 0 Å². The van der Waals surface area contributed by atoms with Gasteiger partial charge in [-0.05, 0) is 104 Å². The number of amides is 1. The fourth-order valence-electron chi connectivity index (χ4n) is 8.14. The molecule has 1 aromatic heterocycles. The van der Waals surface area contributed by atoms with E-state index in [-0.39, 0.29) is 17.4 Å². The molecule has 2 aliphatic carbocycles. The molecule has 3 aromatic rings. The zero-order valence-corrected chi connectivity index (χ0v) is 23.0. The van der Waals surface area contributed by atoms with Crippen molar-refractivity contribution in [3.63, 3.8) is 0 Å². The largest absolute Gasteiger partial charge is 0.320 e. The van der Waals surface area contributed by atoms with Gasteiger partial charge in [-0.1, -0.05) is 32.0 Å². The number of nitrogens with zero attached hydrogens (tertiary/aromatic N) is 5. The van der Waals surface area contributed by atoms with Crippen LogP contribution in [-0.2, 0) is 25.4 Å². The van der Waals surface area contributed by atoms with Crippen LogP contribution in [0.5, 0.6) is 0 Å². The Morgan fingerprint density at radius 2 is 1.92 bits per heavy atom. The maximum atomic E-state index is 14.1. The SMILES string of the molecule is CC1CC(c2cccc(N3C(=O)c4cc(CN5CCC[C@H](C)C5)cc5c4C3CCC5)c2)(c2nncn2C)C1. The number of anilines is 1. The first-order chi connectivity index (χ1) is 18.4. The molecule has 0 radical (unpaired) electrons. The fourth-order valence-corrected chi connectivity index (χ4v) is 8.14. The Balaban J connectivity index is 1.24. The lowest BCUT2D eigenvalue weighted by Crippen LogP contribution is -2.43. The van der Waals surface area contributed by atoms with E-state index in [0.717, 1.165) is 74.7 Å².